The van der Waals surface area contributed by atoms with E-state index >= 15 is 4.39 Å². The number of anilines is 2. The van der Waals surface area contributed by atoms with Crippen LogP contribution in [0.5, 0.6) is 0 Å². The molecule has 0 spiro atoms. The summed E-state index contributed by atoms with van der Waals surface area (Å²) in [4.78, 5) is 20.6. The molecular weight excluding hydrogens is 419 g/mol. The van der Waals surface area contributed by atoms with Gasteiger partial charge in [-0.25, -0.2) is 9.38 Å². The Morgan fingerprint density at radius 3 is 2.55 bits per heavy atom. The Morgan fingerprint density at radius 2 is 1.97 bits per heavy atom. The van der Waals surface area contributed by atoms with E-state index in [-0.39, 0.29) is 11.4 Å². The van der Waals surface area contributed by atoms with Crippen LogP contribution in [0.4, 0.5) is 15.8 Å². The molecule has 1 amide bonds. The Labute approximate surface area is 194 Å². The number of carbonyl (C=O) groups is 1. The largest absolute Gasteiger partial charge is 0.366 e. The van der Waals surface area contributed by atoms with Crippen molar-refractivity contribution in [2.75, 3.05) is 36.9 Å². The van der Waals surface area contributed by atoms with Gasteiger partial charge in [0.25, 0.3) is 5.91 Å². The van der Waals surface area contributed by atoms with E-state index in [1.165, 1.54) is 12.3 Å². The first-order chi connectivity index (χ1) is 15.7. The van der Waals surface area contributed by atoms with E-state index in [1.807, 2.05) is 44.2 Å². The Bertz CT molecular complexity index is 1110. The molecule has 2 aliphatic heterocycles. The summed E-state index contributed by atoms with van der Waals surface area (Å²) in [5, 5.41) is 6.57. The van der Waals surface area contributed by atoms with E-state index in [2.05, 4.69) is 39.4 Å². The average molecular weight is 451 g/mol. The molecule has 0 aromatic heterocycles. The molecule has 0 bridgehead atoms. The molecule has 2 heterocycles. The number of hydrogen-bond donors (Lipinski definition) is 3. The number of aryl methyl sites for hydroxylation is 2. The standard InChI is InChI=1S/C25H31FN6O/c1-16-6-5-7-17(2)23(16)25(28-13-19(14-29-25)24(27)33)30-20-8-9-22(21(26)12-20)32-11-10-31(4)18(3)15-32/h5-9,12-14,18,28,30H,10-11,15H2,1-4H3,(H2,27,33). The fourth-order valence-corrected chi connectivity index (χ4v) is 4.53. The summed E-state index contributed by atoms with van der Waals surface area (Å²) >= 11 is 0. The molecule has 0 aliphatic carbocycles. The third kappa shape index (κ3) is 4.43. The molecule has 2 unspecified atom stereocenters. The van der Waals surface area contributed by atoms with Gasteiger partial charge in [-0.05, 0) is 57.1 Å². The predicted octanol–water partition coefficient (Wildman–Crippen LogP) is 2.85. The monoisotopic (exact) mass is 450 g/mol. The molecule has 33 heavy (non-hydrogen) atoms. The second-order valence-electron chi connectivity index (χ2n) is 8.91. The molecule has 2 atom stereocenters. The number of likely N-dealkylation sites (N-methyl/N-ethyl adjacent to an activating group) is 1. The number of piperazine rings is 1. The topological polar surface area (TPSA) is 86.0 Å². The van der Waals surface area contributed by atoms with Gasteiger partial charge in [-0.1, -0.05) is 18.2 Å². The van der Waals surface area contributed by atoms with E-state index in [9.17, 15) is 4.79 Å². The summed E-state index contributed by atoms with van der Waals surface area (Å²) in [6, 6.07) is 11.5. The zero-order valence-corrected chi connectivity index (χ0v) is 19.5. The average Bonchev–Trinajstić information content (AvgIpc) is 2.76. The number of benzene rings is 2. The molecule has 2 aliphatic rings. The van der Waals surface area contributed by atoms with E-state index in [1.54, 1.807) is 6.20 Å². The van der Waals surface area contributed by atoms with Crippen molar-refractivity contribution >= 4 is 23.5 Å². The zero-order chi connectivity index (χ0) is 23.8. The fraction of sp³-hybridized carbons (Fsp3) is 0.360. The molecule has 2 aromatic rings. The highest BCUT2D eigenvalue weighted by Crippen LogP contribution is 2.34. The first-order valence-corrected chi connectivity index (χ1v) is 11.1. The lowest BCUT2D eigenvalue weighted by molar-refractivity contribution is -0.114. The lowest BCUT2D eigenvalue weighted by Crippen LogP contribution is -2.50. The second-order valence-corrected chi connectivity index (χ2v) is 8.91. The van der Waals surface area contributed by atoms with Crippen LogP contribution in [0.25, 0.3) is 0 Å². The highest BCUT2D eigenvalue weighted by Gasteiger charge is 2.36. The van der Waals surface area contributed by atoms with Crippen molar-refractivity contribution < 1.29 is 9.18 Å². The van der Waals surface area contributed by atoms with Crippen molar-refractivity contribution in [2.45, 2.75) is 32.6 Å². The van der Waals surface area contributed by atoms with Crippen LogP contribution in [0.1, 0.15) is 23.6 Å². The first-order valence-electron chi connectivity index (χ1n) is 11.1. The second kappa shape index (κ2) is 8.86. The van der Waals surface area contributed by atoms with Crippen molar-refractivity contribution in [3.05, 3.63) is 70.7 Å². The van der Waals surface area contributed by atoms with Crippen LogP contribution in [0.2, 0.25) is 0 Å². The number of aliphatic imine (C=N–C) groups is 1. The molecule has 4 rings (SSSR count). The van der Waals surface area contributed by atoms with E-state index < -0.39 is 11.7 Å². The Balaban J connectivity index is 1.67. The predicted molar refractivity (Wildman–Crippen MR) is 131 cm³/mol. The smallest absolute Gasteiger partial charge is 0.251 e. The summed E-state index contributed by atoms with van der Waals surface area (Å²) in [6.45, 7) is 8.59. The first kappa shape index (κ1) is 22.8. The van der Waals surface area contributed by atoms with Gasteiger partial charge in [0.05, 0.1) is 11.3 Å². The van der Waals surface area contributed by atoms with Gasteiger partial charge in [-0.2, -0.15) is 0 Å². The lowest BCUT2D eigenvalue weighted by Gasteiger charge is -2.39. The molecule has 1 saturated heterocycles. The van der Waals surface area contributed by atoms with Gasteiger partial charge < -0.3 is 26.2 Å². The fourth-order valence-electron chi connectivity index (χ4n) is 4.53. The molecule has 1 fully saturated rings. The molecule has 174 valence electrons. The van der Waals surface area contributed by atoms with Gasteiger partial charge in [0.2, 0.25) is 5.79 Å². The molecule has 4 N–H and O–H groups in total. The van der Waals surface area contributed by atoms with Crippen LogP contribution in [-0.4, -0.2) is 49.7 Å². The molecular formula is C25H31FN6O. The Kier molecular flexibility index (Phi) is 6.12. The number of hydrogen-bond acceptors (Lipinski definition) is 6. The highest BCUT2D eigenvalue weighted by molar-refractivity contribution is 6.11. The van der Waals surface area contributed by atoms with Crippen molar-refractivity contribution in [2.24, 2.45) is 10.7 Å². The van der Waals surface area contributed by atoms with Gasteiger partial charge in [0.1, 0.15) is 5.82 Å². The van der Waals surface area contributed by atoms with Crippen molar-refractivity contribution in [3.8, 4) is 0 Å². The SMILES string of the molecule is Cc1cccc(C)c1C1(Nc2ccc(N3CCN(C)C(C)C3)c(F)c2)N=CC(C(N)=O)=CN1. The van der Waals surface area contributed by atoms with Crippen LogP contribution >= 0.6 is 0 Å². The molecule has 7 nitrogen and oxygen atoms in total. The number of rotatable bonds is 5. The van der Waals surface area contributed by atoms with Crippen LogP contribution in [0.15, 0.2) is 53.2 Å². The van der Waals surface area contributed by atoms with Gasteiger partial charge in [-0.15, -0.1) is 0 Å². The van der Waals surface area contributed by atoms with Crippen LogP contribution < -0.4 is 21.3 Å². The Hall–Kier alpha value is -3.39. The lowest BCUT2D eigenvalue weighted by atomic mass is 9.95. The maximum atomic E-state index is 15.2. The minimum absolute atomic E-state index is 0.268. The van der Waals surface area contributed by atoms with Crippen molar-refractivity contribution in [3.63, 3.8) is 0 Å². The highest BCUT2D eigenvalue weighted by atomic mass is 19.1. The van der Waals surface area contributed by atoms with E-state index in [0.717, 1.165) is 36.3 Å². The van der Waals surface area contributed by atoms with Crippen LogP contribution in [0.3, 0.4) is 0 Å². The zero-order valence-electron chi connectivity index (χ0n) is 19.5. The summed E-state index contributed by atoms with van der Waals surface area (Å²) in [5.41, 5.74) is 9.76. The molecule has 8 heteroatoms. The number of nitrogens with two attached hydrogens (primary N) is 1. The van der Waals surface area contributed by atoms with E-state index in [0.29, 0.717) is 17.4 Å². The minimum atomic E-state index is -1.11. The number of nitrogens with zero attached hydrogens (tertiary/aromatic N) is 3. The summed E-state index contributed by atoms with van der Waals surface area (Å²) in [6.07, 6.45) is 3.00. The quantitative estimate of drug-likeness (QED) is 0.652. The van der Waals surface area contributed by atoms with Gasteiger partial charge in [0.15, 0.2) is 0 Å². The number of nitrogens with one attached hydrogen (secondary N) is 2. The number of halogens is 1. The van der Waals surface area contributed by atoms with Crippen molar-refractivity contribution in [1.82, 2.24) is 10.2 Å². The number of carbonyl (C=O) groups excluding carboxylic acids is 1. The molecule has 0 saturated carbocycles. The van der Waals surface area contributed by atoms with Crippen LogP contribution in [0, 0.1) is 19.7 Å². The third-order valence-electron chi connectivity index (χ3n) is 6.53. The Morgan fingerprint density at radius 1 is 1.24 bits per heavy atom. The number of primary amides is 1. The maximum Gasteiger partial charge on any atom is 0.251 e. The maximum absolute atomic E-state index is 15.2. The minimum Gasteiger partial charge on any atom is -0.366 e. The summed E-state index contributed by atoms with van der Waals surface area (Å²) in [7, 11) is 2.09. The third-order valence-corrected chi connectivity index (χ3v) is 6.53. The van der Waals surface area contributed by atoms with Gasteiger partial charge in [-0.3, -0.25) is 4.79 Å². The van der Waals surface area contributed by atoms with E-state index in [4.69, 9.17) is 5.73 Å². The van der Waals surface area contributed by atoms with Gasteiger partial charge in [0, 0.05) is 49.3 Å². The van der Waals surface area contributed by atoms with Gasteiger partial charge >= 0.3 is 0 Å². The molecule has 2 aromatic carbocycles. The number of amides is 1. The van der Waals surface area contributed by atoms with Crippen LogP contribution in [-0.2, 0) is 10.6 Å². The summed E-state index contributed by atoms with van der Waals surface area (Å²) < 4.78 is 15.2. The summed E-state index contributed by atoms with van der Waals surface area (Å²) in [5.74, 6) is -1.97. The van der Waals surface area contributed by atoms with Crippen molar-refractivity contribution in [1.29, 1.82) is 0 Å². The molecule has 0 radical (unpaired) electrons. The normalized spacial score (nSPS) is 23.1.